The molecule has 0 aliphatic heterocycles. The molecular formula is C51H87O14P. The summed E-state index contributed by atoms with van der Waals surface area (Å²) in [6.07, 6.45) is 34.0. The lowest BCUT2D eigenvalue weighted by molar-refractivity contribution is -0.220. The molecule has 3 unspecified atom stereocenters. The lowest BCUT2D eigenvalue weighted by Gasteiger charge is -2.41. The molecule has 1 fully saturated rings. The number of hydrogen-bond donors (Lipinski definition) is 7. The first-order chi connectivity index (χ1) is 31.8. The van der Waals surface area contributed by atoms with E-state index in [0.29, 0.717) is 32.1 Å². The molecule has 1 aliphatic rings. The first-order valence-corrected chi connectivity index (χ1v) is 26.3. The summed E-state index contributed by atoms with van der Waals surface area (Å²) in [5.41, 5.74) is 0. The van der Waals surface area contributed by atoms with E-state index in [1.165, 1.54) is 70.6 Å². The van der Waals surface area contributed by atoms with Crippen LogP contribution in [-0.2, 0) is 32.7 Å². The van der Waals surface area contributed by atoms with E-state index in [1.54, 1.807) is 6.08 Å². The number of phosphoric acid groups is 1. The minimum Gasteiger partial charge on any atom is -0.462 e. The zero-order valence-corrected chi connectivity index (χ0v) is 41.0. The van der Waals surface area contributed by atoms with E-state index >= 15 is 0 Å². The highest BCUT2D eigenvalue weighted by Crippen LogP contribution is 2.47. The van der Waals surface area contributed by atoms with Crippen LogP contribution in [0.15, 0.2) is 72.9 Å². The summed E-state index contributed by atoms with van der Waals surface area (Å²) in [5, 5.41) is 60.3. The molecule has 15 heteroatoms. The Balaban J connectivity index is 2.49. The summed E-state index contributed by atoms with van der Waals surface area (Å²) in [5.74, 6) is -1.21. The summed E-state index contributed by atoms with van der Waals surface area (Å²) in [4.78, 5) is 35.8. The molecule has 14 nitrogen and oxygen atoms in total. The van der Waals surface area contributed by atoms with Gasteiger partial charge >= 0.3 is 19.8 Å². The quantitative estimate of drug-likeness (QED) is 0.00999. The van der Waals surface area contributed by atoms with Crippen LogP contribution in [0.25, 0.3) is 0 Å². The first kappa shape index (κ1) is 61.3. The molecule has 1 saturated carbocycles. The summed E-state index contributed by atoms with van der Waals surface area (Å²) in [7, 11) is -5.16. The second-order valence-electron chi connectivity index (χ2n) is 17.2. The summed E-state index contributed by atoms with van der Waals surface area (Å²) in [6.45, 7) is 3.13. The first-order valence-electron chi connectivity index (χ1n) is 24.8. The van der Waals surface area contributed by atoms with Gasteiger partial charge < -0.3 is 45.0 Å². The maximum absolute atomic E-state index is 12.8. The van der Waals surface area contributed by atoms with Gasteiger partial charge in [-0.1, -0.05) is 157 Å². The van der Waals surface area contributed by atoms with Crippen molar-refractivity contribution >= 4 is 19.8 Å². The lowest BCUT2D eigenvalue weighted by Crippen LogP contribution is -2.64. The number of allylic oxidation sites excluding steroid dienone is 10. The van der Waals surface area contributed by atoms with Crippen molar-refractivity contribution in [1.82, 2.24) is 0 Å². The molecule has 0 aromatic carbocycles. The lowest BCUT2D eigenvalue weighted by atomic mass is 9.85. The van der Waals surface area contributed by atoms with Crippen LogP contribution in [0.1, 0.15) is 174 Å². The Morgan fingerprint density at radius 2 is 1.02 bits per heavy atom. The van der Waals surface area contributed by atoms with Crippen LogP contribution >= 0.6 is 7.82 Å². The Hall–Kier alpha value is -2.75. The number of esters is 2. The van der Waals surface area contributed by atoms with E-state index in [1.807, 2.05) is 36.5 Å². The number of unbranched alkanes of at least 4 members (excludes halogenated alkanes) is 16. The topological polar surface area (TPSA) is 230 Å². The van der Waals surface area contributed by atoms with Crippen molar-refractivity contribution < 1.29 is 68.2 Å². The highest BCUT2D eigenvalue weighted by atomic mass is 31.2. The molecular weight excluding hydrogens is 868 g/mol. The van der Waals surface area contributed by atoms with Gasteiger partial charge in [-0.2, -0.15) is 0 Å². The molecule has 0 spiro atoms. The molecule has 0 aromatic heterocycles. The van der Waals surface area contributed by atoms with Gasteiger partial charge in [0.1, 0.15) is 43.2 Å². The van der Waals surface area contributed by atoms with Crippen LogP contribution in [0.5, 0.6) is 0 Å². The predicted octanol–water partition coefficient (Wildman–Crippen LogP) is 9.25. The monoisotopic (exact) mass is 955 g/mol. The van der Waals surface area contributed by atoms with Crippen LogP contribution in [0.2, 0.25) is 0 Å². The van der Waals surface area contributed by atoms with Gasteiger partial charge in [0.25, 0.3) is 0 Å². The third kappa shape index (κ3) is 32.1. The molecule has 0 aromatic rings. The number of aliphatic hydroxyl groups is 6. The van der Waals surface area contributed by atoms with Crippen LogP contribution < -0.4 is 0 Å². The van der Waals surface area contributed by atoms with E-state index < -0.39 is 81.8 Å². The fourth-order valence-electron chi connectivity index (χ4n) is 7.04. The van der Waals surface area contributed by atoms with Crippen LogP contribution in [-0.4, -0.2) is 110 Å². The zero-order valence-electron chi connectivity index (χ0n) is 40.1. The fraction of sp³-hybridized carbons (Fsp3) is 0.725. The average Bonchev–Trinajstić information content (AvgIpc) is 3.29. The standard InChI is InChI=1S/C51H87O14P/c1-3-5-7-9-11-12-13-14-15-16-17-18-19-20-21-22-26-30-34-38-44(53)62-40-43(41-63-66(60,61)65-51-49(58)47(56)46(55)48(57)50(51)59)64-45(54)39-35-31-27-23-25-29-33-37-42(52)36-32-28-24-10-8-6-4-2/h11-12,14-15,23-24,27-29,32-33,36,42-43,46-52,55-59H,3-10,13,16-22,25-26,30-31,34-35,37-41H2,1-2H3,(H,60,61)/b12-11-,15-14-,27-23+,28-24-,33-29-,36-32-/t42-,43+,46?,47-,48+,49+,50+,51?/m0/s1. The molecule has 66 heavy (non-hydrogen) atoms. The van der Waals surface area contributed by atoms with Gasteiger partial charge in [0, 0.05) is 12.8 Å². The molecule has 0 amide bonds. The minimum absolute atomic E-state index is 0.0171. The molecule has 1 aliphatic carbocycles. The molecule has 7 N–H and O–H groups in total. The normalized spacial score (nSPS) is 22.4. The largest absolute Gasteiger partial charge is 0.472 e. The molecule has 1 rings (SSSR count). The molecule has 9 atom stereocenters. The zero-order chi connectivity index (χ0) is 48.7. The minimum atomic E-state index is -5.16. The molecule has 0 heterocycles. The van der Waals surface area contributed by atoms with Gasteiger partial charge in [0.2, 0.25) is 0 Å². The Kier molecular flexibility index (Phi) is 37.3. The number of aliphatic hydroxyl groups excluding tert-OH is 6. The van der Waals surface area contributed by atoms with Gasteiger partial charge in [0.15, 0.2) is 6.10 Å². The molecule has 0 bridgehead atoms. The average molecular weight is 955 g/mol. The van der Waals surface area contributed by atoms with Gasteiger partial charge in [-0.05, 0) is 77.0 Å². The Labute approximate surface area is 396 Å². The van der Waals surface area contributed by atoms with E-state index in [0.717, 1.165) is 44.9 Å². The number of rotatable bonds is 40. The van der Waals surface area contributed by atoms with Crippen molar-refractivity contribution in [2.75, 3.05) is 13.2 Å². The third-order valence-electron chi connectivity index (χ3n) is 11.1. The maximum Gasteiger partial charge on any atom is 0.472 e. The maximum atomic E-state index is 12.8. The van der Waals surface area contributed by atoms with E-state index in [9.17, 15) is 49.7 Å². The predicted molar refractivity (Wildman–Crippen MR) is 259 cm³/mol. The number of carbonyl (C=O) groups is 2. The highest BCUT2D eigenvalue weighted by molar-refractivity contribution is 7.47. The van der Waals surface area contributed by atoms with E-state index in [4.69, 9.17) is 18.5 Å². The fourth-order valence-corrected chi connectivity index (χ4v) is 8.01. The van der Waals surface area contributed by atoms with Gasteiger partial charge in [0.05, 0.1) is 12.7 Å². The van der Waals surface area contributed by atoms with Crippen molar-refractivity contribution in [3.63, 3.8) is 0 Å². The van der Waals surface area contributed by atoms with Gasteiger partial charge in [-0.15, -0.1) is 0 Å². The number of hydrogen-bond acceptors (Lipinski definition) is 13. The van der Waals surface area contributed by atoms with Crippen molar-refractivity contribution in [3.8, 4) is 0 Å². The van der Waals surface area contributed by atoms with Gasteiger partial charge in [-0.25, -0.2) is 4.57 Å². The van der Waals surface area contributed by atoms with Crippen LogP contribution in [0.4, 0.5) is 0 Å². The molecule has 0 radical (unpaired) electrons. The smallest absolute Gasteiger partial charge is 0.462 e. The SMILES string of the molecule is CCCCC/C=C\C=C/[C@H](O)C/C=C\C/C=C/CCCC(=O)O[C@H](COC(=O)CCCCCCCCCCC/C=C\C/C=C\CCCCC)COP(=O)(O)OC1[C@H](O)[C@H](O)C(O)[C@H](O)[C@H]1O. The Bertz CT molecular complexity index is 1450. The molecule has 380 valence electrons. The Morgan fingerprint density at radius 3 is 1.59 bits per heavy atom. The third-order valence-corrected chi connectivity index (χ3v) is 12.1. The summed E-state index contributed by atoms with van der Waals surface area (Å²) in [6, 6.07) is 0. The van der Waals surface area contributed by atoms with Crippen molar-refractivity contribution in [2.24, 2.45) is 0 Å². The van der Waals surface area contributed by atoms with Gasteiger partial charge in [-0.3, -0.25) is 18.6 Å². The van der Waals surface area contributed by atoms with E-state index in [-0.39, 0.29) is 12.8 Å². The van der Waals surface area contributed by atoms with Crippen molar-refractivity contribution in [1.29, 1.82) is 0 Å². The molecule has 0 saturated heterocycles. The Morgan fingerprint density at radius 1 is 0.545 bits per heavy atom. The second kappa shape index (κ2) is 40.2. The number of carbonyl (C=O) groups excluding carboxylic acids is 2. The second-order valence-corrected chi connectivity index (χ2v) is 18.6. The van der Waals surface area contributed by atoms with Crippen molar-refractivity contribution in [2.45, 2.75) is 223 Å². The summed E-state index contributed by atoms with van der Waals surface area (Å²) >= 11 is 0. The van der Waals surface area contributed by atoms with E-state index in [2.05, 4.69) is 44.2 Å². The summed E-state index contributed by atoms with van der Waals surface area (Å²) < 4.78 is 33.5. The van der Waals surface area contributed by atoms with Crippen LogP contribution in [0, 0.1) is 0 Å². The number of ether oxygens (including phenoxy) is 2. The van der Waals surface area contributed by atoms with Crippen LogP contribution in [0.3, 0.4) is 0 Å². The number of phosphoric ester groups is 1. The highest BCUT2D eigenvalue weighted by Gasteiger charge is 2.51. The van der Waals surface area contributed by atoms with Crippen molar-refractivity contribution in [3.05, 3.63) is 72.9 Å².